The van der Waals surface area contributed by atoms with Crippen molar-refractivity contribution >= 4 is 21.6 Å². The molecule has 6 aliphatic rings. The number of nitrogens with zero attached hydrogens (tertiary/aromatic N) is 7. The number of sulfone groups is 1. The Morgan fingerprint density at radius 1 is 0.393 bits per heavy atom. The quantitative estimate of drug-likeness (QED) is 0.303. The Balaban J connectivity index is 0.000000337. The van der Waals surface area contributed by atoms with Gasteiger partial charge < -0.3 is 19.4 Å². The number of hydrogen-bond donors (Lipinski definition) is 0. The van der Waals surface area contributed by atoms with E-state index in [2.05, 4.69) is 136 Å². The monoisotopic (exact) mass is 834 g/mol. The molecule has 0 aliphatic carbocycles. The van der Waals surface area contributed by atoms with Crippen molar-refractivity contribution in [3.8, 4) is 0 Å². The van der Waals surface area contributed by atoms with Crippen LogP contribution in [0.1, 0.15) is 115 Å². The molecule has 0 aromatic rings. The minimum Gasteiger partial charge on any atom is -0.379 e. The Hall–Kier alpha value is -0.0200. The van der Waals surface area contributed by atoms with Crippen LogP contribution in [0.4, 0.5) is 0 Å². The van der Waals surface area contributed by atoms with Crippen LogP contribution in [0.15, 0.2) is 0 Å². The first-order valence-corrected chi connectivity index (χ1v) is 25.9. The van der Waals surface area contributed by atoms with Crippen LogP contribution < -0.4 is 0 Å². The highest BCUT2D eigenvalue weighted by Crippen LogP contribution is 2.13. The first-order chi connectivity index (χ1) is 26.4. The fourth-order valence-corrected chi connectivity index (χ4v) is 9.62. The third-order valence-electron chi connectivity index (χ3n) is 11.9. The summed E-state index contributed by atoms with van der Waals surface area (Å²) in [6, 6.07) is 4.20. The topological polar surface area (TPSA) is 66.0 Å². The number of piperazine rings is 1. The van der Waals surface area contributed by atoms with Crippen molar-refractivity contribution in [2.45, 2.75) is 151 Å². The van der Waals surface area contributed by atoms with Crippen LogP contribution in [-0.4, -0.2) is 214 Å². The van der Waals surface area contributed by atoms with Gasteiger partial charge in [-0.3, -0.25) is 19.6 Å². The van der Waals surface area contributed by atoms with E-state index in [4.69, 9.17) is 4.74 Å². The van der Waals surface area contributed by atoms with E-state index in [9.17, 15) is 8.42 Å². The van der Waals surface area contributed by atoms with E-state index >= 15 is 0 Å². The average molecular weight is 834 g/mol. The highest BCUT2D eigenvalue weighted by Gasteiger charge is 2.23. The number of piperidine rings is 1. The number of likely N-dealkylation sites (tertiary alicyclic amines) is 2. The molecule has 6 saturated heterocycles. The van der Waals surface area contributed by atoms with Crippen molar-refractivity contribution in [3.05, 3.63) is 0 Å². The maximum Gasteiger partial charge on any atom is 0.152 e. The molecule has 0 N–H and O–H groups in total. The summed E-state index contributed by atoms with van der Waals surface area (Å²) in [4.78, 5) is 17.2. The minimum atomic E-state index is -2.69. The summed E-state index contributed by atoms with van der Waals surface area (Å²) >= 11 is 2.07. The summed E-state index contributed by atoms with van der Waals surface area (Å²) in [5, 5.41) is 0. The Morgan fingerprint density at radius 2 is 0.696 bits per heavy atom. The summed E-state index contributed by atoms with van der Waals surface area (Å²) < 4.78 is 27.2. The summed E-state index contributed by atoms with van der Waals surface area (Å²) in [6.45, 7) is 45.2. The second-order valence-electron chi connectivity index (χ2n) is 18.2. The summed E-state index contributed by atoms with van der Waals surface area (Å²) in [5.41, 5.74) is 0. The molecule has 0 amide bonds. The van der Waals surface area contributed by atoms with Gasteiger partial charge in [-0.05, 0) is 142 Å². The van der Waals surface area contributed by atoms with Gasteiger partial charge in [0.25, 0.3) is 0 Å². The molecule has 6 heterocycles. The number of thioether (sulfide) groups is 1. The zero-order valence-electron chi connectivity index (χ0n) is 39.3. The van der Waals surface area contributed by atoms with Crippen molar-refractivity contribution in [2.75, 3.05) is 135 Å². The molecular formula is C44H95N7O3S2. The molecule has 56 heavy (non-hydrogen) atoms. The van der Waals surface area contributed by atoms with E-state index in [1.165, 1.54) is 109 Å². The van der Waals surface area contributed by atoms with Crippen molar-refractivity contribution < 1.29 is 13.2 Å². The summed E-state index contributed by atoms with van der Waals surface area (Å²) in [6.07, 6.45) is 7.11. The molecule has 10 nitrogen and oxygen atoms in total. The molecule has 336 valence electrons. The van der Waals surface area contributed by atoms with Gasteiger partial charge in [-0.2, -0.15) is 11.8 Å². The average Bonchev–Trinajstić information content (AvgIpc) is 3.73. The Morgan fingerprint density at radius 3 is 1.02 bits per heavy atom. The van der Waals surface area contributed by atoms with Crippen LogP contribution in [0, 0.1) is 0 Å². The molecule has 0 aromatic heterocycles. The van der Waals surface area contributed by atoms with E-state index < -0.39 is 9.84 Å². The number of likely N-dealkylation sites (N-methyl/N-ethyl adjacent to an activating group) is 1. The summed E-state index contributed by atoms with van der Waals surface area (Å²) in [5.74, 6) is 3.34. The van der Waals surface area contributed by atoms with E-state index in [-0.39, 0.29) is 0 Å². The van der Waals surface area contributed by atoms with Gasteiger partial charge in [-0.25, -0.2) is 8.42 Å². The lowest BCUT2D eigenvalue weighted by molar-refractivity contribution is 0.0238. The predicted octanol–water partition coefficient (Wildman–Crippen LogP) is 6.31. The minimum absolute atomic E-state index is 0.338. The van der Waals surface area contributed by atoms with Gasteiger partial charge >= 0.3 is 0 Å². The lowest BCUT2D eigenvalue weighted by Gasteiger charge is -2.34. The van der Waals surface area contributed by atoms with E-state index in [0.717, 1.165) is 50.5 Å². The number of hydrogen-bond acceptors (Lipinski definition) is 11. The number of morpholine rings is 1. The van der Waals surface area contributed by atoms with E-state index in [0.29, 0.717) is 36.7 Å². The first kappa shape index (κ1) is 54.0. The van der Waals surface area contributed by atoms with Gasteiger partial charge in [0, 0.05) is 113 Å². The molecular weight excluding hydrogens is 739 g/mol. The van der Waals surface area contributed by atoms with Gasteiger partial charge in [0.1, 0.15) is 0 Å². The molecule has 12 heteroatoms. The molecule has 6 fully saturated rings. The first-order valence-electron chi connectivity index (χ1n) is 22.9. The maximum absolute atomic E-state index is 11.0. The van der Waals surface area contributed by atoms with Crippen LogP contribution in [0.2, 0.25) is 0 Å². The lowest BCUT2D eigenvalue weighted by atomic mass is 10.1. The van der Waals surface area contributed by atoms with Crippen molar-refractivity contribution in [2.24, 2.45) is 0 Å². The number of ether oxygens (including phenoxy) is 1. The highest BCUT2D eigenvalue weighted by molar-refractivity contribution is 7.99. The second-order valence-corrected chi connectivity index (χ2v) is 21.8. The fourth-order valence-electron chi connectivity index (χ4n) is 7.46. The molecule has 0 unspecified atom stereocenters. The van der Waals surface area contributed by atoms with Crippen LogP contribution in [0.5, 0.6) is 0 Å². The van der Waals surface area contributed by atoms with Crippen LogP contribution in [-0.2, 0) is 14.6 Å². The molecule has 6 aliphatic heterocycles. The van der Waals surface area contributed by atoms with Crippen LogP contribution in [0.25, 0.3) is 0 Å². The van der Waals surface area contributed by atoms with Gasteiger partial charge in [-0.1, -0.05) is 6.42 Å². The molecule has 0 atom stereocenters. The smallest absolute Gasteiger partial charge is 0.152 e. The molecule has 0 spiro atoms. The second kappa shape index (κ2) is 30.9. The standard InChI is InChI=1S/C8H18N2.C8H17N.C7H15NO2S.C7H15NO.C7H15NS.C7H15N/c1-8(2)10-6-4-9(3)5-7-10;1-8(2)9-6-4-3-5-7-9;1-7(2)8-3-5-11(9,10)6-4-8;2*1-7(2)8-3-5-9-6-4-8;1-7(2)8-5-3-4-6-8/h8H,4-7H2,1-3H3;8H,3-7H2,1-2H3;7H,3-6H2,1-2H3;2*7H,3-6H2,1-2H3;7H,3-6H2,1-2H3. The van der Waals surface area contributed by atoms with Gasteiger partial charge in [0.2, 0.25) is 0 Å². The van der Waals surface area contributed by atoms with Gasteiger partial charge in [-0.15, -0.1) is 0 Å². The van der Waals surface area contributed by atoms with Gasteiger partial charge in [0.05, 0.1) is 24.7 Å². The Bertz CT molecular complexity index is 949. The van der Waals surface area contributed by atoms with E-state index in [1.54, 1.807) is 0 Å². The van der Waals surface area contributed by atoms with E-state index in [1.807, 2.05) is 0 Å². The van der Waals surface area contributed by atoms with Crippen molar-refractivity contribution in [3.63, 3.8) is 0 Å². The van der Waals surface area contributed by atoms with Gasteiger partial charge in [0.15, 0.2) is 9.84 Å². The highest BCUT2D eigenvalue weighted by atomic mass is 32.2. The molecule has 0 bridgehead atoms. The normalized spacial score (nSPS) is 23.7. The van der Waals surface area contributed by atoms with Crippen LogP contribution in [0.3, 0.4) is 0 Å². The zero-order valence-corrected chi connectivity index (χ0v) is 40.9. The number of rotatable bonds is 6. The summed E-state index contributed by atoms with van der Waals surface area (Å²) in [7, 11) is -0.499. The lowest BCUT2D eigenvalue weighted by Crippen LogP contribution is -2.47. The zero-order chi connectivity index (χ0) is 42.1. The molecule has 6 rings (SSSR count). The Kier molecular flexibility index (Phi) is 29.8. The van der Waals surface area contributed by atoms with Crippen LogP contribution >= 0.6 is 11.8 Å². The fraction of sp³-hybridized carbons (Fsp3) is 1.00. The predicted molar refractivity (Wildman–Crippen MR) is 248 cm³/mol. The third-order valence-corrected chi connectivity index (χ3v) is 14.5. The third kappa shape index (κ3) is 25.6. The Labute approximate surface area is 354 Å². The molecule has 0 radical (unpaired) electrons. The maximum atomic E-state index is 11.0. The molecule has 0 aromatic carbocycles. The van der Waals surface area contributed by atoms with Crippen molar-refractivity contribution in [1.82, 2.24) is 34.3 Å². The largest absolute Gasteiger partial charge is 0.379 e. The van der Waals surface area contributed by atoms with Crippen molar-refractivity contribution in [1.29, 1.82) is 0 Å². The SMILES string of the molecule is CC(C)N1CCCC1.CC(C)N1CCCCC1.CC(C)N1CCN(C)CC1.CC(C)N1CCOCC1.CC(C)N1CCS(=O)(=O)CC1.CC(C)N1CCSCC1. The molecule has 0 saturated carbocycles.